The maximum Gasteiger partial charge on any atom is 0.191 e. The third-order valence-corrected chi connectivity index (χ3v) is 6.74. The molecule has 1 saturated heterocycles. The minimum atomic E-state index is 0. The number of aliphatic imine (C=N–C) groups is 1. The van der Waals surface area contributed by atoms with Crippen LogP contribution in [-0.4, -0.2) is 32.1 Å². The maximum atomic E-state index is 5.96. The molecule has 0 spiro atoms. The lowest BCUT2D eigenvalue weighted by atomic mass is 10.1. The SMILES string of the molecule is CN=C(NCc1ccccc1COCc1ccccc1)NC1CCN(c2cccs2)CC1.I. The fourth-order valence-corrected chi connectivity index (χ4v) is 4.77. The van der Waals surface area contributed by atoms with Crippen LogP contribution in [-0.2, 0) is 24.5 Å². The molecule has 3 aromatic rings. The lowest BCUT2D eigenvalue weighted by Crippen LogP contribution is -2.48. The van der Waals surface area contributed by atoms with Gasteiger partial charge in [0.25, 0.3) is 0 Å². The largest absolute Gasteiger partial charge is 0.372 e. The number of nitrogens with zero attached hydrogens (tertiary/aromatic N) is 2. The smallest absolute Gasteiger partial charge is 0.191 e. The van der Waals surface area contributed by atoms with Crippen LogP contribution in [0.1, 0.15) is 29.5 Å². The summed E-state index contributed by atoms with van der Waals surface area (Å²) in [7, 11) is 1.84. The molecule has 0 saturated carbocycles. The van der Waals surface area contributed by atoms with Crippen LogP contribution < -0.4 is 15.5 Å². The van der Waals surface area contributed by atoms with Gasteiger partial charge < -0.3 is 20.3 Å². The van der Waals surface area contributed by atoms with Crippen molar-refractivity contribution in [2.75, 3.05) is 25.0 Å². The van der Waals surface area contributed by atoms with Gasteiger partial charge in [-0.15, -0.1) is 35.3 Å². The quantitative estimate of drug-likeness (QED) is 0.214. The Labute approximate surface area is 218 Å². The van der Waals surface area contributed by atoms with Crippen molar-refractivity contribution < 1.29 is 4.74 Å². The zero-order valence-electron chi connectivity index (χ0n) is 19.1. The number of ether oxygens (including phenoxy) is 1. The van der Waals surface area contributed by atoms with Crippen molar-refractivity contribution in [3.05, 3.63) is 88.8 Å². The molecule has 0 atom stereocenters. The van der Waals surface area contributed by atoms with E-state index in [4.69, 9.17) is 4.74 Å². The Hall–Kier alpha value is -2.10. The van der Waals surface area contributed by atoms with Gasteiger partial charge in [-0.3, -0.25) is 4.99 Å². The molecule has 2 N–H and O–H groups in total. The van der Waals surface area contributed by atoms with Crippen molar-refractivity contribution in [3.8, 4) is 0 Å². The highest BCUT2D eigenvalue weighted by molar-refractivity contribution is 14.0. The molecule has 2 heterocycles. The van der Waals surface area contributed by atoms with Crippen molar-refractivity contribution in [2.24, 2.45) is 4.99 Å². The molecule has 0 aliphatic carbocycles. The van der Waals surface area contributed by atoms with Crippen molar-refractivity contribution in [2.45, 2.75) is 38.6 Å². The van der Waals surface area contributed by atoms with Crippen molar-refractivity contribution in [1.29, 1.82) is 0 Å². The first kappa shape index (κ1) is 25.5. The van der Waals surface area contributed by atoms with Gasteiger partial charge in [0.1, 0.15) is 0 Å². The van der Waals surface area contributed by atoms with Crippen LogP contribution in [0, 0.1) is 0 Å². The molecule has 7 heteroatoms. The van der Waals surface area contributed by atoms with Gasteiger partial charge >= 0.3 is 0 Å². The highest BCUT2D eigenvalue weighted by atomic mass is 127. The summed E-state index contributed by atoms with van der Waals surface area (Å²) in [5.74, 6) is 0.861. The van der Waals surface area contributed by atoms with Crippen LogP contribution in [0.5, 0.6) is 0 Å². The van der Waals surface area contributed by atoms with E-state index < -0.39 is 0 Å². The summed E-state index contributed by atoms with van der Waals surface area (Å²) < 4.78 is 5.96. The lowest BCUT2D eigenvalue weighted by Gasteiger charge is -2.33. The van der Waals surface area contributed by atoms with E-state index in [0.29, 0.717) is 19.3 Å². The average molecular weight is 577 g/mol. The normalized spacial score (nSPS) is 14.6. The number of hydrogen-bond acceptors (Lipinski definition) is 4. The Morgan fingerprint density at radius 2 is 1.70 bits per heavy atom. The van der Waals surface area contributed by atoms with Crippen molar-refractivity contribution >= 4 is 46.3 Å². The van der Waals surface area contributed by atoms with Crippen molar-refractivity contribution in [1.82, 2.24) is 10.6 Å². The van der Waals surface area contributed by atoms with E-state index in [-0.39, 0.29) is 24.0 Å². The van der Waals surface area contributed by atoms with Crippen molar-refractivity contribution in [3.63, 3.8) is 0 Å². The number of hydrogen-bond donors (Lipinski definition) is 2. The number of anilines is 1. The number of nitrogens with one attached hydrogen (secondary N) is 2. The summed E-state index contributed by atoms with van der Waals surface area (Å²) in [5.41, 5.74) is 3.63. The molecule has 1 aromatic heterocycles. The number of guanidine groups is 1. The highest BCUT2D eigenvalue weighted by Crippen LogP contribution is 2.24. The second-order valence-electron chi connectivity index (χ2n) is 8.03. The molecule has 0 unspecified atom stereocenters. The summed E-state index contributed by atoms with van der Waals surface area (Å²) in [6.45, 7) is 4.10. The zero-order valence-corrected chi connectivity index (χ0v) is 22.2. The van der Waals surface area contributed by atoms with E-state index >= 15 is 0 Å². The fourth-order valence-electron chi connectivity index (χ4n) is 3.98. The average Bonchev–Trinajstić information content (AvgIpc) is 3.39. The molecule has 0 bridgehead atoms. The van der Waals surface area contributed by atoms with Crippen LogP contribution in [0.25, 0.3) is 0 Å². The maximum absolute atomic E-state index is 5.96. The minimum absolute atomic E-state index is 0. The summed E-state index contributed by atoms with van der Waals surface area (Å²) >= 11 is 1.82. The second-order valence-corrected chi connectivity index (χ2v) is 8.96. The van der Waals surface area contributed by atoms with E-state index in [0.717, 1.165) is 38.4 Å². The molecular formula is C26H33IN4OS. The molecule has 1 aliphatic heterocycles. The van der Waals surface area contributed by atoms with Crippen LogP contribution >= 0.6 is 35.3 Å². The predicted octanol–water partition coefficient (Wildman–Crippen LogP) is 5.42. The Balaban J connectivity index is 0.00000306. The van der Waals surface area contributed by atoms with Crippen LogP contribution in [0.15, 0.2) is 77.1 Å². The molecule has 1 aliphatic rings. The fraction of sp³-hybridized carbons (Fsp3) is 0.346. The Kier molecular flexibility index (Phi) is 10.5. The van der Waals surface area contributed by atoms with Gasteiger partial charge in [0.2, 0.25) is 0 Å². The van der Waals surface area contributed by atoms with Crippen LogP contribution in [0.4, 0.5) is 5.00 Å². The van der Waals surface area contributed by atoms with Gasteiger partial charge in [0.15, 0.2) is 5.96 Å². The highest BCUT2D eigenvalue weighted by Gasteiger charge is 2.20. The first-order valence-corrected chi connectivity index (χ1v) is 12.1. The summed E-state index contributed by atoms with van der Waals surface area (Å²) in [5, 5.41) is 10.6. The molecular weight excluding hydrogens is 543 g/mol. The Morgan fingerprint density at radius 1 is 0.970 bits per heavy atom. The molecule has 0 radical (unpaired) electrons. The minimum Gasteiger partial charge on any atom is -0.372 e. The van der Waals surface area contributed by atoms with E-state index in [1.54, 1.807) is 0 Å². The molecule has 0 amide bonds. The molecule has 4 rings (SSSR count). The van der Waals surface area contributed by atoms with Gasteiger partial charge in [-0.1, -0.05) is 54.6 Å². The van der Waals surface area contributed by atoms with E-state index in [2.05, 4.69) is 74.4 Å². The molecule has 2 aromatic carbocycles. The van der Waals surface area contributed by atoms with E-state index in [1.807, 2.05) is 36.6 Å². The Bertz CT molecular complexity index is 973. The number of piperidine rings is 1. The van der Waals surface area contributed by atoms with E-state index in [1.165, 1.54) is 21.7 Å². The van der Waals surface area contributed by atoms with Gasteiger partial charge in [-0.05, 0) is 47.0 Å². The Morgan fingerprint density at radius 3 is 2.39 bits per heavy atom. The monoisotopic (exact) mass is 576 g/mol. The third-order valence-electron chi connectivity index (χ3n) is 5.81. The van der Waals surface area contributed by atoms with E-state index in [9.17, 15) is 0 Å². The van der Waals surface area contributed by atoms with Crippen LogP contribution in [0.3, 0.4) is 0 Å². The number of benzene rings is 2. The van der Waals surface area contributed by atoms with Crippen LogP contribution in [0.2, 0.25) is 0 Å². The first-order chi connectivity index (χ1) is 15.8. The second kappa shape index (κ2) is 13.6. The number of thiophene rings is 1. The van der Waals surface area contributed by atoms with Gasteiger partial charge in [0.05, 0.1) is 18.2 Å². The van der Waals surface area contributed by atoms with Gasteiger partial charge in [0, 0.05) is 32.7 Å². The standard InChI is InChI=1S/C26H32N4OS.HI/c1-27-26(29-24-13-15-30(16-14-24)25-12-7-17-32-25)28-18-22-10-5-6-11-23(22)20-31-19-21-8-3-2-4-9-21;/h2-12,17,24H,13-16,18-20H2,1H3,(H2,27,28,29);1H. The first-order valence-electron chi connectivity index (χ1n) is 11.3. The molecule has 176 valence electrons. The lowest BCUT2D eigenvalue weighted by molar-refractivity contribution is 0.106. The van der Waals surface area contributed by atoms with Gasteiger partial charge in [-0.25, -0.2) is 0 Å². The topological polar surface area (TPSA) is 48.9 Å². The summed E-state index contributed by atoms with van der Waals surface area (Å²) in [6.07, 6.45) is 2.23. The summed E-state index contributed by atoms with van der Waals surface area (Å²) in [6, 6.07) is 23.5. The molecule has 5 nitrogen and oxygen atoms in total. The summed E-state index contributed by atoms with van der Waals surface area (Å²) in [4.78, 5) is 6.93. The number of halogens is 1. The number of rotatable bonds is 8. The third kappa shape index (κ3) is 7.72. The molecule has 1 fully saturated rings. The molecule has 33 heavy (non-hydrogen) atoms. The van der Waals surface area contributed by atoms with Gasteiger partial charge in [-0.2, -0.15) is 0 Å². The zero-order chi connectivity index (χ0) is 22.0. The predicted molar refractivity (Wildman–Crippen MR) is 150 cm³/mol.